The Bertz CT molecular complexity index is 1110. The Kier molecular flexibility index (Phi) is 6.84. The summed E-state index contributed by atoms with van der Waals surface area (Å²) in [5.41, 5.74) is 4.17. The molecule has 3 aromatic rings. The molecule has 0 spiro atoms. The van der Waals surface area contributed by atoms with E-state index in [1.54, 1.807) is 17.3 Å². The minimum absolute atomic E-state index is 0.0286. The van der Waals surface area contributed by atoms with Gasteiger partial charge in [-0.15, -0.1) is 10.2 Å². The van der Waals surface area contributed by atoms with Crippen molar-refractivity contribution in [2.45, 2.75) is 31.8 Å². The Labute approximate surface area is 191 Å². The van der Waals surface area contributed by atoms with Gasteiger partial charge < -0.3 is 10.2 Å². The number of pyridine rings is 1. The van der Waals surface area contributed by atoms with Crippen LogP contribution >= 0.6 is 11.8 Å². The van der Waals surface area contributed by atoms with Gasteiger partial charge in [0.25, 0.3) is 0 Å². The quantitative estimate of drug-likeness (QED) is 0.557. The molecule has 0 radical (unpaired) electrons. The van der Waals surface area contributed by atoms with Gasteiger partial charge in [0.05, 0.1) is 18.0 Å². The van der Waals surface area contributed by atoms with E-state index in [0.717, 1.165) is 42.7 Å². The van der Waals surface area contributed by atoms with Crippen LogP contribution in [-0.4, -0.2) is 61.8 Å². The van der Waals surface area contributed by atoms with Gasteiger partial charge in [-0.2, -0.15) is 0 Å². The topological polar surface area (TPSA) is 93.0 Å². The highest BCUT2D eigenvalue weighted by Gasteiger charge is 2.20. The molecule has 8 nitrogen and oxygen atoms in total. The highest BCUT2D eigenvalue weighted by atomic mass is 32.2. The van der Waals surface area contributed by atoms with Gasteiger partial charge >= 0.3 is 0 Å². The standard InChI is InChI=1S/C23H26N6O2S/c1-16-5-6-19(13-17(16)2)29-22(18-7-9-24-10-8-18)26-27-23(29)32-15-20(30)25-14-21(31)28-11-3-4-12-28/h5-10,13H,3-4,11-12,14-15H2,1-2H3,(H,25,30). The molecule has 0 bridgehead atoms. The van der Waals surface area contributed by atoms with Gasteiger partial charge in [0.15, 0.2) is 11.0 Å². The van der Waals surface area contributed by atoms with E-state index in [9.17, 15) is 9.59 Å². The number of nitrogens with zero attached hydrogens (tertiary/aromatic N) is 5. The molecule has 2 aromatic heterocycles. The van der Waals surface area contributed by atoms with Crippen molar-refractivity contribution in [1.82, 2.24) is 30.0 Å². The van der Waals surface area contributed by atoms with Crippen LogP contribution in [0.1, 0.15) is 24.0 Å². The number of nitrogens with one attached hydrogen (secondary N) is 1. The van der Waals surface area contributed by atoms with Crippen LogP contribution < -0.4 is 5.32 Å². The van der Waals surface area contributed by atoms with E-state index in [1.807, 2.05) is 22.8 Å². The number of likely N-dealkylation sites (tertiary alicyclic amines) is 1. The number of benzene rings is 1. The second kappa shape index (κ2) is 9.95. The molecule has 4 rings (SSSR count). The monoisotopic (exact) mass is 450 g/mol. The van der Waals surface area contributed by atoms with Crippen molar-refractivity contribution in [3.63, 3.8) is 0 Å². The number of carbonyl (C=O) groups excluding carboxylic acids is 2. The van der Waals surface area contributed by atoms with Crippen molar-refractivity contribution in [2.24, 2.45) is 0 Å². The third-order valence-corrected chi connectivity index (χ3v) is 6.48. The van der Waals surface area contributed by atoms with Crippen LogP contribution in [-0.2, 0) is 9.59 Å². The molecule has 32 heavy (non-hydrogen) atoms. The summed E-state index contributed by atoms with van der Waals surface area (Å²) in [5.74, 6) is 0.594. The van der Waals surface area contributed by atoms with E-state index in [1.165, 1.54) is 17.3 Å². The molecule has 1 aliphatic heterocycles. The minimum atomic E-state index is -0.206. The van der Waals surface area contributed by atoms with Crippen LogP contribution in [0.25, 0.3) is 17.1 Å². The Morgan fingerprint density at radius 3 is 2.50 bits per heavy atom. The highest BCUT2D eigenvalue weighted by molar-refractivity contribution is 7.99. The van der Waals surface area contributed by atoms with E-state index in [2.05, 4.69) is 46.5 Å². The van der Waals surface area contributed by atoms with E-state index in [-0.39, 0.29) is 24.1 Å². The summed E-state index contributed by atoms with van der Waals surface area (Å²) in [4.78, 5) is 30.4. The summed E-state index contributed by atoms with van der Waals surface area (Å²) in [6, 6.07) is 9.93. The summed E-state index contributed by atoms with van der Waals surface area (Å²) in [6.07, 6.45) is 5.49. The van der Waals surface area contributed by atoms with Crippen LogP contribution in [0.3, 0.4) is 0 Å². The van der Waals surface area contributed by atoms with Crippen LogP contribution in [0.4, 0.5) is 0 Å². The zero-order valence-corrected chi connectivity index (χ0v) is 19.1. The number of hydrogen-bond acceptors (Lipinski definition) is 6. The smallest absolute Gasteiger partial charge is 0.241 e. The number of amides is 2. The first-order chi connectivity index (χ1) is 15.5. The van der Waals surface area contributed by atoms with Gasteiger partial charge in [-0.25, -0.2) is 0 Å². The summed E-state index contributed by atoms with van der Waals surface area (Å²) >= 11 is 1.30. The van der Waals surface area contributed by atoms with Gasteiger partial charge in [0, 0.05) is 31.0 Å². The van der Waals surface area contributed by atoms with Crippen molar-refractivity contribution >= 4 is 23.6 Å². The van der Waals surface area contributed by atoms with Gasteiger partial charge in [-0.3, -0.25) is 19.1 Å². The lowest BCUT2D eigenvalue weighted by molar-refractivity contribution is -0.131. The lowest BCUT2D eigenvalue weighted by Crippen LogP contribution is -2.39. The Balaban J connectivity index is 1.50. The molecule has 0 unspecified atom stereocenters. The number of thioether (sulfide) groups is 1. The number of carbonyl (C=O) groups is 2. The summed E-state index contributed by atoms with van der Waals surface area (Å²) in [6.45, 7) is 5.72. The molecule has 9 heteroatoms. The Hall–Kier alpha value is -3.20. The minimum Gasteiger partial charge on any atom is -0.346 e. The van der Waals surface area contributed by atoms with Gasteiger partial charge in [0.1, 0.15) is 0 Å². The maximum atomic E-state index is 12.4. The first kappa shape index (κ1) is 22.0. The Morgan fingerprint density at radius 2 is 1.78 bits per heavy atom. The van der Waals surface area contributed by atoms with Crippen molar-refractivity contribution in [3.05, 3.63) is 53.9 Å². The van der Waals surface area contributed by atoms with Crippen molar-refractivity contribution in [1.29, 1.82) is 0 Å². The summed E-state index contributed by atoms with van der Waals surface area (Å²) in [7, 11) is 0. The second-order valence-corrected chi connectivity index (χ2v) is 8.74. The fourth-order valence-corrected chi connectivity index (χ4v) is 4.36. The maximum Gasteiger partial charge on any atom is 0.241 e. The van der Waals surface area contributed by atoms with Crippen molar-refractivity contribution in [3.8, 4) is 17.1 Å². The maximum absolute atomic E-state index is 12.4. The molecule has 3 heterocycles. The molecule has 0 saturated carbocycles. The van der Waals surface area contributed by atoms with Crippen LogP contribution in [0, 0.1) is 13.8 Å². The average Bonchev–Trinajstić information content (AvgIpc) is 3.49. The first-order valence-corrected chi connectivity index (χ1v) is 11.6. The molecule has 0 aliphatic carbocycles. The fourth-order valence-electron chi connectivity index (χ4n) is 3.58. The molecule has 1 saturated heterocycles. The molecule has 1 fully saturated rings. The predicted molar refractivity (Wildman–Crippen MR) is 124 cm³/mol. The molecule has 166 valence electrons. The highest BCUT2D eigenvalue weighted by Crippen LogP contribution is 2.28. The van der Waals surface area contributed by atoms with E-state index >= 15 is 0 Å². The van der Waals surface area contributed by atoms with Crippen LogP contribution in [0.2, 0.25) is 0 Å². The average molecular weight is 451 g/mol. The molecular formula is C23H26N6O2S. The SMILES string of the molecule is Cc1ccc(-n2c(SCC(=O)NCC(=O)N3CCCC3)nnc2-c2ccncc2)cc1C. The summed E-state index contributed by atoms with van der Waals surface area (Å²) in [5, 5.41) is 12.1. The Morgan fingerprint density at radius 1 is 1.03 bits per heavy atom. The molecule has 1 N–H and O–H groups in total. The van der Waals surface area contributed by atoms with E-state index < -0.39 is 0 Å². The van der Waals surface area contributed by atoms with Gasteiger partial charge in [-0.05, 0) is 62.1 Å². The van der Waals surface area contributed by atoms with Crippen LogP contribution in [0.15, 0.2) is 47.9 Å². The van der Waals surface area contributed by atoms with Crippen LogP contribution in [0.5, 0.6) is 0 Å². The first-order valence-electron chi connectivity index (χ1n) is 10.6. The number of aromatic nitrogens is 4. The third-order valence-electron chi connectivity index (χ3n) is 5.55. The lowest BCUT2D eigenvalue weighted by atomic mass is 10.1. The molecule has 2 amide bonds. The third kappa shape index (κ3) is 4.99. The van der Waals surface area contributed by atoms with Crippen molar-refractivity contribution in [2.75, 3.05) is 25.4 Å². The largest absolute Gasteiger partial charge is 0.346 e. The molecule has 0 atom stereocenters. The zero-order valence-electron chi connectivity index (χ0n) is 18.2. The number of aryl methyl sites for hydroxylation is 2. The normalized spacial score (nSPS) is 13.4. The van der Waals surface area contributed by atoms with Crippen molar-refractivity contribution < 1.29 is 9.59 Å². The molecule has 1 aliphatic rings. The summed E-state index contributed by atoms with van der Waals surface area (Å²) < 4.78 is 1.95. The fraction of sp³-hybridized carbons (Fsp3) is 0.348. The molecule has 1 aromatic carbocycles. The lowest BCUT2D eigenvalue weighted by Gasteiger charge is -2.15. The van der Waals surface area contributed by atoms with Gasteiger partial charge in [0.2, 0.25) is 11.8 Å². The number of rotatable bonds is 7. The number of hydrogen-bond donors (Lipinski definition) is 1. The van der Waals surface area contributed by atoms with E-state index in [4.69, 9.17) is 0 Å². The second-order valence-electron chi connectivity index (χ2n) is 7.80. The predicted octanol–water partition coefficient (Wildman–Crippen LogP) is 2.78. The zero-order chi connectivity index (χ0) is 22.5. The van der Waals surface area contributed by atoms with E-state index in [0.29, 0.717) is 11.0 Å². The molecular weight excluding hydrogens is 424 g/mol. The van der Waals surface area contributed by atoms with Gasteiger partial charge in [-0.1, -0.05) is 17.8 Å².